The van der Waals surface area contributed by atoms with Crippen molar-refractivity contribution in [2.24, 2.45) is 0 Å². The molecule has 2 heterocycles. The van der Waals surface area contributed by atoms with E-state index in [9.17, 15) is 24.0 Å². The Labute approximate surface area is 182 Å². The number of ketones is 1. The van der Waals surface area contributed by atoms with Crippen molar-refractivity contribution in [2.75, 3.05) is 33.3 Å². The van der Waals surface area contributed by atoms with Crippen LogP contribution in [0.15, 0.2) is 24.3 Å². The fraction of sp³-hybridized carbons (Fsp3) is 0.400. The zero-order valence-electron chi connectivity index (χ0n) is 17.3. The molecule has 2 aromatic rings. The van der Waals surface area contributed by atoms with Gasteiger partial charge in [-0.1, -0.05) is 12.1 Å². The van der Waals surface area contributed by atoms with Gasteiger partial charge in [-0.05, 0) is 12.1 Å². The third kappa shape index (κ3) is 4.91. The number of carboxylic acid groups (broad SMARTS) is 1. The molecule has 0 radical (unpaired) electrons. The van der Waals surface area contributed by atoms with Gasteiger partial charge >= 0.3 is 11.9 Å². The van der Waals surface area contributed by atoms with Gasteiger partial charge in [0.05, 0.1) is 37.5 Å². The highest BCUT2D eigenvalue weighted by atomic mass is 16.5. The Morgan fingerprint density at radius 1 is 1.28 bits per heavy atom. The maximum Gasteiger partial charge on any atom is 0.323 e. The Bertz CT molecular complexity index is 1030. The Morgan fingerprint density at radius 3 is 2.72 bits per heavy atom. The average molecular weight is 445 g/mol. The van der Waals surface area contributed by atoms with E-state index in [-0.39, 0.29) is 19.5 Å². The summed E-state index contributed by atoms with van der Waals surface area (Å²) in [5.74, 6) is -3.82. The molecule has 12 heteroatoms. The van der Waals surface area contributed by atoms with Crippen LogP contribution in [0.4, 0.5) is 0 Å². The van der Waals surface area contributed by atoms with Crippen molar-refractivity contribution < 1.29 is 33.8 Å². The van der Waals surface area contributed by atoms with E-state index >= 15 is 0 Å². The molecule has 1 aliphatic rings. The van der Waals surface area contributed by atoms with Crippen molar-refractivity contribution >= 4 is 40.6 Å². The van der Waals surface area contributed by atoms with Gasteiger partial charge in [-0.3, -0.25) is 29.3 Å². The number of Topliss-reactive ketones (excluding diaryl/α,β-unsaturated/α-hetero) is 1. The lowest BCUT2D eigenvalue weighted by atomic mass is 9.86. The lowest BCUT2D eigenvalue weighted by Crippen LogP contribution is -2.70. The molecule has 12 nitrogen and oxygen atoms in total. The fourth-order valence-electron chi connectivity index (χ4n) is 3.54. The van der Waals surface area contributed by atoms with Crippen LogP contribution in [-0.4, -0.2) is 88.3 Å². The molecule has 1 aromatic heterocycles. The lowest BCUT2D eigenvalue weighted by Gasteiger charge is -2.40. The van der Waals surface area contributed by atoms with E-state index in [0.717, 1.165) is 17.5 Å². The first kappa shape index (κ1) is 22.9. The highest BCUT2D eigenvalue weighted by Crippen LogP contribution is 2.20. The number of H-pyrrole nitrogens is 1. The standard InChI is InChI=1S/C20H23N5O7/c1-32-18(30)9-20(19(31)25(7-6-22-20)11-17(28)29)14(26)10-21-16(27)8-15-23-12-4-2-3-5-13(12)24-15/h2-5,22H,6-11H2,1H3,(H,21,27)(H,23,24)(H,28,29). The number of nitrogens with zero attached hydrogens (tertiary/aromatic N) is 2. The van der Waals surface area contributed by atoms with Crippen LogP contribution >= 0.6 is 0 Å². The van der Waals surface area contributed by atoms with Gasteiger partial charge in [-0.15, -0.1) is 0 Å². The van der Waals surface area contributed by atoms with Crippen molar-refractivity contribution in [1.82, 2.24) is 25.5 Å². The van der Waals surface area contributed by atoms with E-state index in [2.05, 4.69) is 25.3 Å². The lowest BCUT2D eigenvalue weighted by molar-refractivity contribution is -0.158. The van der Waals surface area contributed by atoms with Gasteiger partial charge in [0.2, 0.25) is 5.91 Å². The number of nitrogens with one attached hydrogen (secondary N) is 3. The number of aromatic nitrogens is 2. The molecule has 0 aliphatic carbocycles. The molecule has 3 rings (SSSR count). The molecule has 0 bridgehead atoms. The third-order valence-electron chi connectivity index (χ3n) is 5.11. The van der Waals surface area contributed by atoms with Crippen LogP contribution in [0.2, 0.25) is 0 Å². The Balaban J connectivity index is 1.70. The van der Waals surface area contributed by atoms with Crippen LogP contribution in [-0.2, 0) is 35.1 Å². The number of carboxylic acids is 1. The van der Waals surface area contributed by atoms with E-state index < -0.39 is 54.6 Å². The van der Waals surface area contributed by atoms with Gasteiger partial charge in [0.1, 0.15) is 12.4 Å². The Kier molecular flexibility index (Phi) is 6.83. The maximum atomic E-state index is 13.0. The molecule has 170 valence electrons. The van der Waals surface area contributed by atoms with Crippen LogP contribution in [0, 0.1) is 0 Å². The van der Waals surface area contributed by atoms with Crippen LogP contribution in [0.3, 0.4) is 0 Å². The number of aliphatic carboxylic acids is 1. The zero-order chi connectivity index (χ0) is 23.3. The number of methoxy groups -OCH3 is 1. The van der Waals surface area contributed by atoms with Crippen LogP contribution in [0.25, 0.3) is 11.0 Å². The predicted molar refractivity (Wildman–Crippen MR) is 109 cm³/mol. The second-order valence-electron chi connectivity index (χ2n) is 7.28. The molecule has 1 aliphatic heterocycles. The van der Waals surface area contributed by atoms with Crippen molar-refractivity contribution in [3.63, 3.8) is 0 Å². The quantitative estimate of drug-likeness (QED) is 0.268. The molecular weight excluding hydrogens is 422 g/mol. The molecule has 4 N–H and O–H groups in total. The van der Waals surface area contributed by atoms with Crippen LogP contribution in [0.5, 0.6) is 0 Å². The van der Waals surface area contributed by atoms with Gasteiger partial charge in [-0.25, -0.2) is 4.98 Å². The van der Waals surface area contributed by atoms with Gasteiger partial charge in [0.25, 0.3) is 5.91 Å². The second-order valence-corrected chi connectivity index (χ2v) is 7.28. The zero-order valence-corrected chi connectivity index (χ0v) is 17.3. The molecule has 32 heavy (non-hydrogen) atoms. The number of hydrogen-bond donors (Lipinski definition) is 4. The highest BCUT2D eigenvalue weighted by Gasteiger charge is 2.51. The number of ether oxygens (including phenoxy) is 1. The Morgan fingerprint density at radius 2 is 2.03 bits per heavy atom. The van der Waals surface area contributed by atoms with E-state index in [1.54, 1.807) is 6.07 Å². The summed E-state index contributed by atoms with van der Waals surface area (Å²) in [7, 11) is 1.11. The largest absolute Gasteiger partial charge is 0.480 e. The van der Waals surface area contributed by atoms with E-state index in [1.165, 1.54) is 0 Å². The van der Waals surface area contributed by atoms with E-state index in [4.69, 9.17) is 5.11 Å². The van der Waals surface area contributed by atoms with Crippen LogP contribution in [0.1, 0.15) is 12.2 Å². The summed E-state index contributed by atoms with van der Waals surface area (Å²) in [6.07, 6.45) is -0.755. The number of para-hydroxylation sites is 2. The normalized spacial score (nSPS) is 18.4. The summed E-state index contributed by atoms with van der Waals surface area (Å²) >= 11 is 0. The molecule has 2 amide bonds. The number of aromatic amines is 1. The number of rotatable bonds is 9. The Hall–Kier alpha value is -3.80. The number of hydrogen-bond acceptors (Lipinski definition) is 8. The van der Waals surface area contributed by atoms with E-state index in [0.29, 0.717) is 11.3 Å². The number of esters is 1. The number of fused-ring (bicyclic) bond motifs is 1. The molecule has 0 saturated carbocycles. The third-order valence-corrected chi connectivity index (χ3v) is 5.11. The summed E-state index contributed by atoms with van der Waals surface area (Å²) in [5, 5.41) is 14.2. The maximum absolute atomic E-state index is 13.0. The minimum Gasteiger partial charge on any atom is -0.480 e. The number of piperazine rings is 1. The first-order valence-corrected chi connectivity index (χ1v) is 9.82. The van der Waals surface area contributed by atoms with E-state index in [1.807, 2.05) is 18.2 Å². The number of benzene rings is 1. The van der Waals surface area contributed by atoms with Crippen molar-refractivity contribution in [3.8, 4) is 0 Å². The molecule has 1 fully saturated rings. The summed E-state index contributed by atoms with van der Waals surface area (Å²) in [4.78, 5) is 69.6. The minimum absolute atomic E-state index is 0.0553. The first-order valence-electron chi connectivity index (χ1n) is 9.82. The second kappa shape index (κ2) is 9.56. The number of carbonyl (C=O) groups is 5. The minimum atomic E-state index is -2.02. The first-order chi connectivity index (χ1) is 15.2. The van der Waals surface area contributed by atoms with Crippen molar-refractivity contribution in [2.45, 2.75) is 18.4 Å². The molecule has 1 aromatic carbocycles. The summed E-state index contributed by atoms with van der Waals surface area (Å²) in [6, 6.07) is 7.24. The summed E-state index contributed by atoms with van der Waals surface area (Å²) in [6.45, 7) is -1.01. The smallest absolute Gasteiger partial charge is 0.323 e. The van der Waals surface area contributed by atoms with Crippen LogP contribution < -0.4 is 10.6 Å². The van der Waals surface area contributed by atoms with Crippen molar-refractivity contribution in [3.05, 3.63) is 30.1 Å². The van der Waals surface area contributed by atoms with Gasteiger partial charge in [0.15, 0.2) is 11.3 Å². The molecular formula is C20H23N5O7. The fourth-order valence-corrected chi connectivity index (χ4v) is 3.54. The van der Waals surface area contributed by atoms with Gasteiger partial charge in [-0.2, -0.15) is 0 Å². The number of carbonyl (C=O) groups excluding carboxylic acids is 4. The topological polar surface area (TPSA) is 171 Å². The highest BCUT2D eigenvalue weighted by molar-refractivity contribution is 6.14. The van der Waals surface area contributed by atoms with Crippen molar-refractivity contribution in [1.29, 1.82) is 0 Å². The SMILES string of the molecule is COC(=O)CC1(C(=O)CNC(=O)Cc2nc3ccccc3[nH]2)NCCN(CC(=O)O)C1=O. The summed E-state index contributed by atoms with van der Waals surface area (Å²) in [5.41, 5.74) is -0.564. The molecule has 1 atom stereocenters. The van der Waals surface area contributed by atoms with Gasteiger partial charge in [0, 0.05) is 13.1 Å². The average Bonchev–Trinajstić information content (AvgIpc) is 3.16. The molecule has 0 spiro atoms. The predicted octanol–water partition coefficient (Wildman–Crippen LogP) is -1.39. The summed E-state index contributed by atoms with van der Waals surface area (Å²) < 4.78 is 4.61. The monoisotopic (exact) mass is 445 g/mol. The molecule has 1 unspecified atom stereocenters. The number of amides is 2. The molecule has 1 saturated heterocycles. The number of imidazole rings is 1. The van der Waals surface area contributed by atoms with Gasteiger partial charge < -0.3 is 25.0 Å².